The van der Waals surface area contributed by atoms with Crippen LogP contribution in [0.3, 0.4) is 0 Å². The number of rotatable bonds is 4. The fourth-order valence-corrected chi connectivity index (χ4v) is 5.07. The largest absolute Gasteiger partial charge is 0.465 e. The topological polar surface area (TPSA) is 63.0 Å². The second-order valence-corrected chi connectivity index (χ2v) is 9.47. The van der Waals surface area contributed by atoms with E-state index in [1.165, 1.54) is 0 Å². The first-order chi connectivity index (χ1) is 13.9. The number of piperidine rings is 2. The number of aryl methyl sites for hydroxylation is 1. The van der Waals surface area contributed by atoms with Crippen LogP contribution in [0, 0.1) is 12.3 Å². The van der Waals surface area contributed by atoms with Gasteiger partial charge in [-0.1, -0.05) is 13.8 Å². The molecule has 4 rings (SSSR count). The minimum Gasteiger partial charge on any atom is -0.465 e. The highest BCUT2D eigenvalue weighted by molar-refractivity contribution is 5.95. The summed E-state index contributed by atoms with van der Waals surface area (Å²) in [5.74, 6) is 2.20. The maximum Gasteiger partial charge on any atom is 0.257 e. The smallest absolute Gasteiger partial charge is 0.257 e. The maximum atomic E-state index is 13.1. The number of carbonyl (C=O) groups excluding carboxylic acids is 2. The third-order valence-electron chi connectivity index (χ3n) is 7.04. The number of likely N-dealkylation sites (tertiary alicyclic amines) is 2. The SMILES string of the molecule is Cc1oc(C(C)C)cc1C(=O)N1CCC2(CCC(=O)N(C[C@@H]3CCCO3)C2)CC1. The van der Waals surface area contributed by atoms with Gasteiger partial charge >= 0.3 is 0 Å². The van der Waals surface area contributed by atoms with Crippen molar-refractivity contribution in [3.05, 3.63) is 23.2 Å². The van der Waals surface area contributed by atoms with Gasteiger partial charge in [0.1, 0.15) is 11.5 Å². The van der Waals surface area contributed by atoms with Gasteiger partial charge in [-0.2, -0.15) is 0 Å². The molecule has 4 heterocycles. The molecule has 6 nitrogen and oxygen atoms in total. The standard InChI is InChI=1S/C23H34N2O4/c1-16(2)20-13-19(17(3)29-20)22(27)24-10-8-23(9-11-24)7-6-21(26)25(15-23)14-18-5-4-12-28-18/h13,16,18H,4-12,14-15H2,1-3H3/t18-/m0/s1. The fourth-order valence-electron chi connectivity index (χ4n) is 5.07. The zero-order valence-electron chi connectivity index (χ0n) is 18.0. The Morgan fingerprint density at radius 2 is 2.03 bits per heavy atom. The fraction of sp³-hybridized carbons (Fsp3) is 0.739. The van der Waals surface area contributed by atoms with Gasteiger partial charge in [0.25, 0.3) is 5.91 Å². The lowest BCUT2D eigenvalue weighted by molar-refractivity contribution is -0.141. The minimum absolute atomic E-state index is 0.0797. The highest BCUT2D eigenvalue weighted by atomic mass is 16.5. The Hall–Kier alpha value is -1.82. The molecular weight excluding hydrogens is 368 g/mol. The average molecular weight is 403 g/mol. The van der Waals surface area contributed by atoms with E-state index in [0.717, 1.165) is 70.7 Å². The minimum atomic E-state index is 0.0797. The third kappa shape index (κ3) is 4.23. The molecule has 160 valence electrons. The number of carbonyl (C=O) groups is 2. The van der Waals surface area contributed by atoms with Crippen LogP contribution in [0.25, 0.3) is 0 Å². The highest BCUT2D eigenvalue weighted by Gasteiger charge is 2.42. The van der Waals surface area contributed by atoms with E-state index in [9.17, 15) is 9.59 Å². The molecule has 1 spiro atoms. The predicted octanol–water partition coefficient (Wildman–Crippen LogP) is 3.74. The summed E-state index contributed by atoms with van der Waals surface area (Å²) in [6, 6.07) is 1.91. The average Bonchev–Trinajstić information content (AvgIpc) is 3.35. The van der Waals surface area contributed by atoms with Gasteiger partial charge in [-0.05, 0) is 50.5 Å². The van der Waals surface area contributed by atoms with Crippen LogP contribution >= 0.6 is 0 Å². The van der Waals surface area contributed by atoms with E-state index in [2.05, 4.69) is 13.8 Å². The van der Waals surface area contributed by atoms with Gasteiger partial charge in [-0.25, -0.2) is 0 Å². The summed E-state index contributed by atoms with van der Waals surface area (Å²) in [6.45, 7) is 9.89. The van der Waals surface area contributed by atoms with Gasteiger partial charge in [-0.15, -0.1) is 0 Å². The number of hydrogen-bond donors (Lipinski definition) is 0. The molecule has 2 amide bonds. The molecule has 1 aromatic rings. The highest BCUT2D eigenvalue weighted by Crippen LogP contribution is 2.41. The molecule has 0 N–H and O–H groups in total. The summed E-state index contributed by atoms with van der Waals surface area (Å²) >= 11 is 0. The van der Waals surface area contributed by atoms with Crippen molar-refractivity contribution in [3.63, 3.8) is 0 Å². The number of furan rings is 1. The van der Waals surface area contributed by atoms with Crippen molar-refractivity contribution in [3.8, 4) is 0 Å². The number of amides is 2. The molecule has 29 heavy (non-hydrogen) atoms. The molecule has 6 heteroatoms. The molecule has 0 bridgehead atoms. The van der Waals surface area contributed by atoms with E-state index in [1.807, 2.05) is 22.8 Å². The number of hydrogen-bond acceptors (Lipinski definition) is 4. The van der Waals surface area contributed by atoms with E-state index in [0.29, 0.717) is 17.7 Å². The lowest BCUT2D eigenvalue weighted by atomic mass is 9.72. The Balaban J connectivity index is 1.38. The lowest BCUT2D eigenvalue weighted by Gasteiger charge is -2.47. The van der Waals surface area contributed by atoms with Gasteiger partial charge in [-0.3, -0.25) is 9.59 Å². The molecule has 3 saturated heterocycles. The molecule has 1 atom stereocenters. The van der Waals surface area contributed by atoms with Crippen LogP contribution in [-0.4, -0.2) is 60.5 Å². The molecule has 3 aliphatic heterocycles. The van der Waals surface area contributed by atoms with Crippen LogP contribution in [0.4, 0.5) is 0 Å². The van der Waals surface area contributed by atoms with Crippen LogP contribution in [0.1, 0.15) is 80.2 Å². The summed E-state index contributed by atoms with van der Waals surface area (Å²) < 4.78 is 11.5. The van der Waals surface area contributed by atoms with Crippen molar-refractivity contribution in [1.29, 1.82) is 0 Å². The molecule has 3 fully saturated rings. The summed E-state index contributed by atoms with van der Waals surface area (Å²) in [7, 11) is 0. The molecule has 0 aromatic carbocycles. The Labute approximate surface area is 173 Å². The molecule has 0 radical (unpaired) electrons. The van der Waals surface area contributed by atoms with Crippen molar-refractivity contribution in [2.75, 3.05) is 32.8 Å². The second-order valence-electron chi connectivity index (χ2n) is 9.47. The van der Waals surface area contributed by atoms with E-state index >= 15 is 0 Å². The molecular formula is C23H34N2O4. The first-order valence-corrected chi connectivity index (χ1v) is 11.2. The monoisotopic (exact) mass is 402 g/mol. The lowest BCUT2D eigenvalue weighted by Crippen LogP contribution is -2.53. The van der Waals surface area contributed by atoms with Crippen LogP contribution < -0.4 is 0 Å². The van der Waals surface area contributed by atoms with Crippen molar-refractivity contribution in [2.24, 2.45) is 5.41 Å². The van der Waals surface area contributed by atoms with Crippen molar-refractivity contribution < 1.29 is 18.7 Å². The number of ether oxygens (including phenoxy) is 1. The molecule has 0 aliphatic carbocycles. The van der Waals surface area contributed by atoms with Crippen LogP contribution in [-0.2, 0) is 9.53 Å². The summed E-state index contributed by atoms with van der Waals surface area (Å²) in [5.41, 5.74) is 0.848. The van der Waals surface area contributed by atoms with Crippen LogP contribution in [0.2, 0.25) is 0 Å². The summed E-state index contributed by atoms with van der Waals surface area (Å²) in [4.78, 5) is 29.5. The Kier molecular flexibility index (Phi) is 5.74. The Bertz CT molecular complexity index is 755. The molecule has 0 unspecified atom stereocenters. The van der Waals surface area contributed by atoms with Gasteiger partial charge in [0, 0.05) is 45.1 Å². The quantitative estimate of drug-likeness (QED) is 0.770. The van der Waals surface area contributed by atoms with Crippen molar-refractivity contribution >= 4 is 11.8 Å². The van der Waals surface area contributed by atoms with Crippen LogP contribution in [0.15, 0.2) is 10.5 Å². The maximum absolute atomic E-state index is 13.1. The second kappa shape index (κ2) is 8.13. The summed E-state index contributed by atoms with van der Waals surface area (Å²) in [6.07, 6.45) is 5.85. The van der Waals surface area contributed by atoms with E-state index in [1.54, 1.807) is 0 Å². The molecule has 1 aromatic heterocycles. The zero-order valence-corrected chi connectivity index (χ0v) is 18.0. The normalized spacial score (nSPS) is 24.7. The Morgan fingerprint density at radius 3 is 2.66 bits per heavy atom. The van der Waals surface area contributed by atoms with Gasteiger partial charge in [0.05, 0.1) is 11.7 Å². The van der Waals surface area contributed by atoms with Gasteiger partial charge in [0.15, 0.2) is 0 Å². The van der Waals surface area contributed by atoms with Crippen LogP contribution in [0.5, 0.6) is 0 Å². The van der Waals surface area contributed by atoms with E-state index in [-0.39, 0.29) is 29.3 Å². The number of nitrogens with zero attached hydrogens (tertiary/aromatic N) is 2. The first kappa shape index (κ1) is 20.5. The van der Waals surface area contributed by atoms with Crippen molar-refractivity contribution in [1.82, 2.24) is 9.80 Å². The van der Waals surface area contributed by atoms with E-state index in [4.69, 9.17) is 9.15 Å². The third-order valence-corrected chi connectivity index (χ3v) is 7.04. The van der Waals surface area contributed by atoms with Gasteiger partial charge < -0.3 is 19.0 Å². The zero-order chi connectivity index (χ0) is 20.6. The first-order valence-electron chi connectivity index (χ1n) is 11.2. The molecule has 3 aliphatic rings. The Morgan fingerprint density at radius 1 is 1.28 bits per heavy atom. The van der Waals surface area contributed by atoms with Gasteiger partial charge in [0.2, 0.25) is 5.91 Å². The van der Waals surface area contributed by atoms with E-state index < -0.39 is 0 Å². The van der Waals surface area contributed by atoms with Crippen molar-refractivity contribution in [2.45, 2.75) is 71.3 Å². The molecule has 0 saturated carbocycles. The predicted molar refractivity (Wildman–Crippen MR) is 110 cm³/mol. The summed E-state index contributed by atoms with van der Waals surface area (Å²) in [5, 5.41) is 0.